The van der Waals surface area contributed by atoms with Crippen LogP contribution < -0.4 is 0 Å². The number of carbonyl (C=O) groups excluding carboxylic acids is 2. The number of rotatable bonds is 4. The molecule has 2 atom stereocenters. The Kier molecular flexibility index (Phi) is 4.65. The van der Waals surface area contributed by atoms with E-state index < -0.39 is 29.9 Å². The van der Waals surface area contributed by atoms with Gasteiger partial charge in [-0.05, 0) is 18.2 Å². The van der Waals surface area contributed by atoms with Crippen molar-refractivity contribution in [1.29, 1.82) is 0 Å². The van der Waals surface area contributed by atoms with Gasteiger partial charge in [-0.2, -0.15) is 13.2 Å². The molecule has 1 aromatic carbocycles. The van der Waals surface area contributed by atoms with E-state index in [4.69, 9.17) is 9.47 Å². The van der Waals surface area contributed by atoms with Crippen LogP contribution in [0, 0.1) is 0 Å². The van der Waals surface area contributed by atoms with Gasteiger partial charge in [0.1, 0.15) is 6.10 Å². The number of hydrogen-bond acceptors (Lipinski definition) is 4. The van der Waals surface area contributed by atoms with E-state index in [0.29, 0.717) is 0 Å². The van der Waals surface area contributed by atoms with Gasteiger partial charge < -0.3 is 9.47 Å². The number of esters is 1. The Morgan fingerprint density at radius 2 is 2.00 bits per heavy atom. The molecule has 0 N–H and O–H groups in total. The van der Waals surface area contributed by atoms with Crippen LogP contribution in [-0.4, -0.2) is 25.0 Å². The SMILES string of the molecule is COC(C(=O)O[C@H]1C=CC(=O)C1)c1ccccc1C(F)(F)F. The van der Waals surface area contributed by atoms with Gasteiger partial charge in [0.05, 0.1) is 12.0 Å². The zero-order valence-electron chi connectivity index (χ0n) is 11.6. The summed E-state index contributed by atoms with van der Waals surface area (Å²) in [5.41, 5.74) is -1.28. The lowest BCUT2D eigenvalue weighted by molar-refractivity contribution is -0.160. The molecule has 0 heterocycles. The van der Waals surface area contributed by atoms with E-state index in [-0.39, 0.29) is 17.8 Å². The average molecular weight is 314 g/mol. The molecule has 4 nitrogen and oxygen atoms in total. The van der Waals surface area contributed by atoms with Crippen molar-refractivity contribution >= 4 is 11.8 Å². The number of ether oxygens (including phenoxy) is 2. The molecule has 0 bridgehead atoms. The minimum atomic E-state index is -4.61. The molecule has 118 valence electrons. The predicted octanol–water partition coefficient (Wildman–Crippen LogP) is 2.83. The molecule has 0 aromatic heterocycles. The maximum absolute atomic E-state index is 13.0. The highest BCUT2D eigenvalue weighted by Crippen LogP contribution is 2.36. The van der Waals surface area contributed by atoms with Crippen molar-refractivity contribution in [1.82, 2.24) is 0 Å². The Bertz CT molecular complexity index is 607. The third-order valence-electron chi connectivity index (χ3n) is 3.17. The molecule has 1 aromatic rings. The largest absolute Gasteiger partial charge is 0.455 e. The fourth-order valence-corrected chi connectivity index (χ4v) is 2.17. The molecule has 1 unspecified atom stereocenters. The third-order valence-corrected chi connectivity index (χ3v) is 3.17. The Hall–Kier alpha value is -2.15. The maximum atomic E-state index is 13.0. The molecule has 0 saturated carbocycles. The summed E-state index contributed by atoms with van der Waals surface area (Å²) in [6, 6.07) is 4.63. The van der Waals surface area contributed by atoms with Crippen LogP contribution in [0.2, 0.25) is 0 Å². The van der Waals surface area contributed by atoms with Gasteiger partial charge in [0.2, 0.25) is 0 Å². The van der Waals surface area contributed by atoms with E-state index >= 15 is 0 Å². The highest BCUT2D eigenvalue weighted by Gasteiger charge is 2.38. The Balaban J connectivity index is 2.23. The number of allylic oxidation sites excluding steroid dienone is 1. The quantitative estimate of drug-likeness (QED) is 0.802. The van der Waals surface area contributed by atoms with E-state index in [9.17, 15) is 22.8 Å². The van der Waals surface area contributed by atoms with E-state index in [0.717, 1.165) is 19.2 Å². The van der Waals surface area contributed by atoms with Crippen LogP contribution in [0.5, 0.6) is 0 Å². The lowest BCUT2D eigenvalue weighted by Crippen LogP contribution is -2.25. The van der Waals surface area contributed by atoms with Crippen molar-refractivity contribution in [3.05, 3.63) is 47.5 Å². The fourth-order valence-electron chi connectivity index (χ4n) is 2.17. The number of methoxy groups -OCH3 is 1. The van der Waals surface area contributed by atoms with Crippen LogP contribution in [0.25, 0.3) is 0 Å². The van der Waals surface area contributed by atoms with Crippen LogP contribution >= 0.6 is 0 Å². The number of halogens is 3. The molecule has 2 rings (SSSR count). The van der Waals surface area contributed by atoms with Crippen molar-refractivity contribution < 1.29 is 32.2 Å². The van der Waals surface area contributed by atoms with Gasteiger partial charge in [0.15, 0.2) is 11.9 Å². The maximum Gasteiger partial charge on any atom is 0.416 e. The van der Waals surface area contributed by atoms with E-state index in [1.165, 1.54) is 24.3 Å². The second kappa shape index (κ2) is 6.31. The summed E-state index contributed by atoms with van der Waals surface area (Å²) in [5, 5.41) is 0. The van der Waals surface area contributed by atoms with Gasteiger partial charge >= 0.3 is 12.1 Å². The molecular weight excluding hydrogens is 301 g/mol. The fraction of sp³-hybridized carbons (Fsp3) is 0.333. The lowest BCUT2D eigenvalue weighted by Gasteiger charge is -2.20. The van der Waals surface area contributed by atoms with Gasteiger partial charge in [0.25, 0.3) is 0 Å². The average Bonchev–Trinajstić information content (AvgIpc) is 2.84. The summed E-state index contributed by atoms with van der Waals surface area (Å²) in [6.45, 7) is 0. The number of hydrogen-bond donors (Lipinski definition) is 0. The first-order valence-corrected chi connectivity index (χ1v) is 6.43. The highest BCUT2D eigenvalue weighted by molar-refractivity contribution is 5.93. The standard InChI is InChI=1S/C15H13F3O4/c1-21-13(14(20)22-10-7-6-9(19)8-10)11-4-2-3-5-12(11)15(16,17)18/h2-7,10,13H,8H2,1H3/t10-,13?/m0/s1. The van der Waals surface area contributed by atoms with Crippen LogP contribution in [-0.2, 0) is 25.2 Å². The first-order valence-electron chi connectivity index (χ1n) is 6.43. The van der Waals surface area contributed by atoms with Crippen LogP contribution in [0.3, 0.4) is 0 Å². The molecule has 1 aliphatic carbocycles. The molecule has 22 heavy (non-hydrogen) atoms. The smallest absolute Gasteiger partial charge is 0.416 e. The van der Waals surface area contributed by atoms with Gasteiger partial charge in [-0.25, -0.2) is 4.79 Å². The van der Waals surface area contributed by atoms with Crippen molar-refractivity contribution in [2.45, 2.75) is 24.8 Å². The van der Waals surface area contributed by atoms with Crippen molar-refractivity contribution in [2.75, 3.05) is 7.11 Å². The van der Waals surface area contributed by atoms with E-state index in [1.54, 1.807) is 0 Å². The second-order valence-corrected chi connectivity index (χ2v) is 4.71. The molecule has 0 aliphatic heterocycles. The van der Waals surface area contributed by atoms with Gasteiger partial charge in [-0.1, -0.05) is 18.2 Å². The minimum absolute atomic E-state index is 0.0108. The molecule has 0 amide bonds. The number of ketones is 1. The first kappa shape index (κ1) is 16.2. The molecule has 7 heteroatoms. The van der Waals surface area contributed by atoms with Gasteiger partial charge in [-0.15, -0.1) is 0 Å². The molecule has 0 saturated heterocycles. The number of benzene rings is 1. The number of alkyl halides is 3. The van der Waals surface area contributed by atoms with Crippen LogP contribution in [0.4, 0.5) is 13.2 Å². The highest BCUT2D eigenvalue weighted by atomic mass is 19.4. The molecule has 0 radical (unpaired) electrons. The van der Waals surface area contributed by atoms with E-state index in [1.807, 2.05) is 0 Å². The molecule has 0 spiro atoms. The van der Waals surface area contributed by atoms with Gasteiger partial charge in [-0.3, -0.25) is 4.79 Å². The zero-order valence-corrected chi connectivity index (χ0v) is 11.6. The predicted molar refractivity (Wildman–Crippen MR) is 69.8 cm³/mol. The summed E-state index contributed by atoms with van der Waals surface area (Å²) in [4.78, 5) is 23.1. The molecule has 0 fully saturated rings. The lowest BCUT2D eigenvalue weighted by atomic mass is 10.0. The van der Waals surface area contributed by atoms with Crippen molar-refractivity contribution in [3.63, 3.8) is 0 Å². The minimum Gasteiger partial charge on any atom is -0.455 e. The Morgan fingerprint density at radius 3 is 2.55 bits per heavy atom. The zero-order chi connectivity index (χ0) is 16.3. The summed E-state index contributed by atoms with van der Waals surface area (Å²) in [7, 11) is 1.12. The normalized spacial score (nSPS) is 19.3. The summed E-state index contributed by atoms with van der Waals surface area (Å²) in [5.74, 6) is -1.17. The monoisotopic (exact) mass is 314 g/mol. The van der Waals surface area contributed by atoms with Crippen molar-refractivity contribution in [2.24, 2.45) is 0 Å². The topological polar surface area (TPSA) is 52.6 Å². The second-order valence-electron chi connectivity index (χ2n) is 4.71. The molecular formula is C15H13F3O4. The Morgan fingerprint density at radius 1 is 1.32 bits per heavy atom. The van der Waals surface area contributed by atoms with Crippen LogP contribution in [0.1, 0.15) is 23.7 Å². The first-order chi connectivity index (χ1) is 10.3. The summed E-state index contributed by atoms with van der Waals surface area (Å²) in [6.07, 6.45) is -4.25. The number of carbonyl (C=O) groups is 2. The molecule has 1 aliphatic rings. The summed E-state index contributed by atoms with van der Waals surface area (Å²) >= 11 is 0. The van der Waals surface area contributed by atoms with E-state index in [2.05, 4.69) is 0 Å². The van der Waals surface area contributed by atoms with Crippen LogP contribution in [0.15, 0.2) is 36.4 Å². The summed E-state index contributed by atoms with van der Waals surface area (Å²) < 4.78 is 48.9. The van der Waals surface area contributed by atoms with Gasteiger partial charge in [0, 0.05) is 12.7 Å². The third kappa shape index (κ3) is 3.54. The Labute approximate surface area is 124 Å². The van der Waals surface area contributed by atoms with Crippen molar-refractivity contribution in [3.8, 4) is 0 Å².